The van der Waals surface area contributed by atoms with Gasteiger partial charge in [-0.1, -0.05) is 77.4 Å². The number of alkyl carbamates (subject to hydrolysis) is 1. The molecule has 0 aliphatic rings. The standard InChI is InChI=1S/C36H37BrClN3O6/c1-44-31-15-10-28(11-16-31)25-47-41-33(35(42)39-20-18-26-8-13-30(38)14-9-26)23-29-12-17-34(32(37)22-29)45-21-5-19-40-36(43)46-24-27-6-3-2-4-7-27/h2-4,6-17,22H,5,18-21,23-25H2,1H3,(H,39,42)(H,40,43)/b41-33+. The van der Waals surface area contributed by atoms with Crippen LogP contribution >= 0.6 is 27.5 Å². The normalized spacial score (nSPS) is 11.0. The lowest BCUT2D eigenvalue weighted by atomic mass is 10.1. The topological polar surface area (TPSA) is 107 Å². The van der Waals surface area contributed by atoms with Gasteiger partial charge in [0.1, 0.15) is 30.4 Å². The minimum Gasteiger partial charge on any atom is -0.497 e. The molecule has 0 saturated heterocycles. The first-order valence-electron chi connectivity index (χ1n) is 15.1. The number of rotatable bonds is 17. The summed E-state index contributed by atoms with van der Waals surface area (Å²) in [5, 5.41) is 10.6. The molecular formula is C36H37BrClN3O6. The Hall–Kier alpha value is -4.54. The maximum Gasteiger partial charge on any atom is 0.407 e. The van der Waals surface area contributed by atoms with Crippen molar-refractivity contribution in [3.63, 3.8) is 0 Å². The lowest BCUT2D eigenvalue weighted by molar-refractivity contribution is -0.115. The van der Waals surface area contributed by atoms with E-state index in [2.05, 4.69) is 31.7 Å². The number of halogens is 2. The van der Waals surface area contributed by atoms with E-state index in [0.717, 1.165) is 32.5 Å². The first-order chi connectivity index (χ1) is 22.9. The molecule has 0 fully saturated rings. The van der Waals surface area contributed by atoms with Crippen LogP contribution in [-0.2, 0) is 40.4 Å². The molecule has 2 amide bonds. The summed E-state index contributed by atoms with van der Waals surface area (Å²) in [6, 6.07) is 30.0. The van der Waals surface area contributed by atoms with Gasteiger partial charge in [0.2, 0.25) is 0 Å². The summed E-state index contributed by atoms with van der Waals surface area (Å²) in [4.78, 5) is 30.7. The highest BCUT2D eigenvalue weighted by Crippen LogP contribution is 2.26. The summed E-state index contributed by atoms with van der Waals surface area (Å²) in [5.41, 5.74) is 3.95. The van der Waals surface area contributed by atoms with Crippen LogP contribution in [0, 0.1) is 0 Å². The molecule has 47 heavy (non-hydrogen) atoms. The number of ether oxygens (including phenoxy) is 3. The van der Waals surface area contributed by atoms with Gasteiger partial charge >= 0.3 is 6.09 Å². The lowest BCUT2D eigenvalue weighted by Crippen LogP contribution is -2.34. The summed E-state index contributed by atoms with van der Waals surface area (Å²) >= 11 is 9.55. The van der Waals surface area contributed by atoms with Crippen molar-refractivity contribution in [3.05, 3.63) is 129 Å². The van der Waals surface area contributed by atoms with Crippen LogP contribution in [0.1, 0.15) is 28.7 Å². The van der Waals surface area contributed by atoms with Crippen molar-refractivity contribution < 1.29 is 28.6 Å². The molecule has 246 valence electrons. The number of carbonyl (C=O) groups excluding carboxylic acids is 2. The number of hydrogen-bond donors (Lipinski definition) is 2. The van der Waals surface area contributed by atoms with E-state index in [1.54, 1.807) is 7.11 Å². The van der Waals surface area contributed by atoms with Crippen molar-refractivity contribution in [1.29, 1.82) is 0 Å². The van der Waals surface area contributed by atoms with E-state index in [1.807, 2.05) is 97.1 Å². The smallest absolute Gasteiger partial charge is 0.407 e. The zero-order chi connectivity index (χ0) is 33.3. The highest BCUT2D eigenvalue weighted by Gasteiger charge is 2.15. The Bertz CT molecular complexity index is 1600. The Balaban J connectivity index is 1.28. The SMILES string of the molecule is COc1ccc(CO/N=C(\Cc2ccc(OCCCNC(=O)OCc3ccccc3)c(Br)c2)C(=O)NCCc2ccc(Cl)cc2)cc1. The molecule has 4 aromatic rings. The zero-order valence-electron chi connectivity index (χ0n) is 26.0. The minimum absolute atomic E-state index is 0.196. The Morgan fingerprint density at radius 1 is 0.809 bits per heavy atom. The molecule has 9 nitrogen and oxygen atoms in total. The van der Waals surface area contributed by atoms with Gasteiger partial charge in [-0.3, -0.25) is 4.79 Å². The Morgan fingerprint density at radius 3 is 2.23 bits per heavy atom. The second kappa shape index (κ2) is 19.2. The van der Waals surface area contributed by atoms with E-state index in [-0.39, 0.29) is 31.3 Å². The molecule has 2 N–H and O–H groups in total. The van der Waals surface area contributed by atoms with Gasteiger partial charge in [0.05, 0.1) is 18.2 Å². The van der Waals surface area contributed by atoms with Crippen molar-refractivity contribution in [3.8, 4) is 11.5 Å². The third kappa shape index (κ3) is 12.6. The largest absolute Gasteiger partial charge is 0.497 e. The number of oxime groups is 1. The number of amides is 2. The van der Waals surface area contributed by atoms with E-state index in [0.29, 0.717) is 43.3 Å². The van der Waals surface area contributed by atoms with Gasteiger partial charge < -0.3 is 29.7 Å². The molecule has 4 aromatic carbocycles. The molecular weight excluding hydrogens is 686 g/mol. The highest BCUT2D eigenvalue weighted by atomic mass is 79.9. The predicted molar refractivity (Wildman–Crippen MR) is 186 cm³/mol. The van der Waals surface area contributed by atoms with Gasteiger partial charge in [-0.25, -0.2) is 4.79 Å². The van der Waals surface area contributed by atoms with E-state index < -0.39 is 6.09 Å². The van der Waals surface area contributed by atoms with Crippen molar-refractivity contribution >= 4 is 45.2 Å². The molecule has 0 bridgehead atoms. The van der Waals surface area contributed by atoms with Crippen molar-refractivity contribution in [2.45, 2.75) is 32.5 Å². The number of nitrogens with one attached hydrogen (secondary N) is 2. The molecule has 0 atom stereocenters. The third-order valence-corrected chi connectivity index (χ3v) is 7.74. The highest BCUT2D eigenvalue weighted by molar-refractivity contribution is 9.10. The van der Waals surface area contributed by atoms with Crippen LogP contribution in [0.5, 0.6) is 11.5 Å². The fourth-order valence-corrected chi connectivity index (χ4v) is 4.98. The van der Waals surface area contributed by atoms with Crippen LogP contribution in [0.15, 0.2) is 107 Å². The summed E-state index contributed by atoms with van der Waals surface area (Å²) in [6.07, 6.45) is 1.00. The quantitative estimate of drug-likeness (QED) is 0.0674. The van der Waals surface area contributed by atoms with Crippen molar-refractivity contribution in [2.24, 2.45) is 5.16 Å². The zero-order valence-corrected chi connectivity index (χ0v) is 28.4. The monoisotopic (exact) mass is 721 g/mol. The van der Waals surface area contributed by atoms with Crippen molar-refractivity contribution in [1.82, 2.24) is 10.6 Å². The molecule has 0 aromatic heterocycles. The van der Waals surface area contributed by atoms with Gasteiger partial charge in [-0.05, 0) is 87.4 Å². The number of nitrogens with zero attached hydrogens (tertiary/aromatic N) is 1. The van der Waals surface area contributed by atoms with Crippen LogP contribution in [0.25, 0.3) is 0 Å². The minimum atomic E-state index is -0.473. The Morgan fingerprint density at radius 2 is 1.51 bits per heavy atom. The molecule has 0 aliphatic carbocycles. The number of hydrogen-bond acceptors (Lipinski definition) is 7. The molecule has 11 heteroatoms. The van der Waals surface area contributed by atoms with Crippen molar-refractivity contribution in [2.75, 3.05) is 26.8 Å². The molecule has 0 radical (unpaired) electrons. The molecule has 0 heterocycles. The molecule has 0 spiro atoms. The van der Waals surface area contributed by atoms with E-state index in [9.17, 15) is 9.59 Å². The average Bonchev–Trinajstić information content (AvgIpc) is 3.09. The maximum absolute atomic E-state index is 13.2. The summed E-state index contributed by atoms with van der Waals surface area (Å²) in [5.74, 6) is 1.06. The summed E-state index contributed by atoms with van der Waals surface area (Å²) in [7, 11) is 1.61. The first kappa shape index (κ1) is 35.3. The van der Waals surface area contributed by atoms with Gasteiger partial charge in [0, 0.05) is 24.5 Å². The molecule has 4 rings (SSSR count). The van der Waals surface area contributed by atoms with E-state index >= 15 is 0 Å². The predicted octanol–water partition coefficient (Wildman–Crippen LogP) is 7.28. The second-order valence-corrected chi connectivity index (χ2v) is 11.7. The summed E-state index contributed by atoms with van der Waals surface area (Å²) < 4.78 is 17.1. The molecule has 0 aliphatic heterocycles. The van der Waals surface area contributed by atoms with Gasteiger partial charge in [-0.2, -0.15) is 0 Å². The number of carbonyl (C=O) groups is 2. The van der Waals surface area contributed by atoms with Gasteiger partial charge in [0.25, 0.3) is 5.91 Å². The van der Waals surface area contributed by atoms with Crippen LogP contribution < -0.4 is 20.1 Å². The Labute approximate surface area is 288 Å². The molecule has 0 unspecified atom stereocenters. The second-order valence-electron chi connectivity index (χ2n) is 10.4. The summed E-state index contributed by atoms with van der Waals surface area (Å²) in [6.45, 7) is 1.63. The van der Waals surface area contributed by atoms with Crippen LogP contribution in [0.3, 0.4) is 0 Å². The number of methoxy groups -OCH3 is 1. The Kier molecular flexibility index (Phi) is 14.4. The first-order valence-corrected chi connectivity index (χ1v) is 16.3. The fourth-order valence-electron chi connectivity index (χ4n) is 4.32. The average molecular weight is 723 g/mol. The lowest BCUT2D eigenvalue weighted by Gasteiger charge is -2.12. The number of benzene rings is 4. The van der Waals surface area contributed by atoms with Crippen LogP contribution in [0.4, 0.5) is 4.79 Å². The van der Waals surface area contributed by atoms with Gasteiger partial charge in [-0.15, -0.1) is 0 Å². The maximum atomic E-state index is 13.2. The van der Waals surface area contributed by atoms with E-state index in [4.69, 9.17) is 30.6 Å². The van der Waals surface area contributed by atoms with Crippen LogP contribution in [0.2, 0.25) is 5.02 Å². The molecule has 0 saturated carbocycles. The van der Waals surface area contributed by atoms with Gasteiger partial charge in [0.15, 0.2) is 0 Å². The van der Waals surface area contributed by atoms with E-state index in [1.165, 1.54) is 0 Å². The third-order valence-electron chi connectivity index (χ3n) is 6.87. The van der Waals surface area contributed by atoms with Crippen LogP contribution in [-0.4, -0.2) is 44.5 Å². The fraction of sp³-hybridized carbons (Fsp3) is 0.250.